The van der Waals surface area contributed by atoms with Gasteiger partial charge < -0.3 is 14.8 Å². The maximum atomic E-state index is 12.3. The Morgan fingerprint density at radius 3 is 2.22 bits per heavy atom. The summed E-state index contributed by atoms with van der Waals surface area (Å²) in [6.07, 6.45) is -0.503. The first-order valence-electron chi connectivity index (χ1n) is 8.43. The van der Waals surface area contributed by atoms with Crippen molar-refractivity contribution < 1.29 is 22.7 Å². The van der Waals surface area contributed by atoms with Crippen molar-refractivity contribution in [2.45, 2.75) is 31.3 Å². The van der Waals surface area contributed by atoms with Gasteiger partial charge in [-0.25, -0.2) is 13.2 Å². The Morgan fingerprint density at radius 2 is 1.63 bits per heavy atom. The van der Waals surface area contributed by atoms with Crippen LogP contribution in [0.2, 0.25) is 0 Å². The number of hydrogen-bond donors (Lipinski definition) is 2. The minimum Gasteiger partial charge on any atom is -0.492 e. The largest absolute Gasteiger partial charge is 0.492 e. The molecule has 0 aromatic heterocycles. The highest BCUT2D eigenvalue weighted by Gasteiger charge is 2.15. The second-order valence-corrected chi connectivity index (χ2v) is 8.40. The van der Waals surface area contributed by atoms with E-state index in [4.69, 9.17) is 9.47 Å². The van der Waals surface area contributed by atoms with Crippen LogP contribution in [0.5, 0.6) is 5.75 Å². The number of carbonyl (C=O) groups is 1. The molecule has 0 aliphatic heterocycles. The summed E-state index contributed by atoms with van der Waals surface area (Å²) >= 11 is 0. The van der Waals surface area contributed by atoms with Crippen molar-refractivity contribution in [2.24, 2.45) is 0 Å². The zero-order valence-electron chi connectivity index (χ0n) is 15.6. The van der Waals surface area contributed by atoms with Crippen LogP contribution in [0.4, 0.5) is 10.5 Å². The second-order valence-electron chi connectivity index (χ2n) is 6.72. The van der Waals surface area contributed by atoms with Gasteiger partial charge in [-0.2, -0.15) is 0 Å². The molecule has 1 amide bonds. The first kappa shape index (κ1) is 20.6. The van der Waals surface area contributed by atoms with Crippen LogP contribution in [0.3, 0.4) is 0 Å². The van der Waals surface area contributed by atoms with Crippen LogP contribution in [-0.2, 0) is 14.8 Å². The van der Waals surface area contributed by atoms with Crippen molar-refractivity contribution in [1.29, 1.82) is 0 Å². The first-order chi connectivity index (χ1) is 12.7. The van der Waals surface area contributed by atoms with Gasteiger partial charge in [0.15, 0.2) is 0 Å². The summed E-state index contributed by atoms with van der Waals surface area (Å²) < 4.78 is 37.7. The molecule has 0 heterocycles. The lowest BCUT2D eigenvalue weighted by molar-refractivity contribution is 0.0520. The molecule has 2 aromatic carbocycles. The van der Waals surface area contributed by atoms with Gasteiger partial charge in [0.05, 0.1) is 11.4 Å². The zero-order chi connectivity index (χ0) is 19.9. The molecule has 146 valence electrons. The summed E-state index contributed by atoms with van der Waals surface area (Å²) in [4.78, 5) is 11.7. The molecule has 27 heavy (non-hydrogen) atoms. The normalized spacial score (nSPS) is 11.5. The van der Waals surface area contributed by atoms with Gasteiger partial charge >= 0.3 is 6.09 Å². The Morgan fingerprint density at radius 1 is 1.00 bits per heavy atom. The van der Waals surface area contributed by atoms with Gasteiger partial charge in [0.2, 0.25) is 0 Å². The predicted molar refractivity (Wildman–Crippen MR) is 103 cm³/mol. The average Bonchev–Trinajstić information content (AvgIpc) is 2.59. The Kier molecular flexibility index (Phi) is 6.68. The number of anilines is 1. The Bertz CT molecular complexity index is 844. The van der Waals surface area contributed by atoms with Crippen molar-refractivity contribution in [3.63, 3.8) is 0 Å². The van der Waals surface area contributed by atoms with E-state index >= 15 is 0 Å². The fraction of sp³-hybridized carbons (Fsp3) is 0.316. The van der Waals surface area contributed by atoms with Gasteiger partial charge in [-0.05, 0) is 57.2 Å². The fourth-order valence-electron chi connectivity index (χ4n) is 2.07. The highest BCUT2D eigenvalue weighted by atomic mass is 32.2. The molecule has 2 aromatic rings. The van der Waals surface area contributed by atoms with E-state index in [9.17, 15) is 13.2 Å². The number of ether oxygens (including phenoxy) is 2. The van der Waals surface area contributed by atoms with E-state index in [1.54, 1.807) is 63.2 Å². The molecule has 2 rings (SSSR count). The number of nitrogens with one attached hydrogen (secondary N) is 2. The lowest BCUT2D eigenvalue weighted by Gasteiger charge is -2.19. The maximum Gasteiger partial charge on any atom is 0.407 e. The van der Waals surface area contributed by atoms with Gasteiger partial charge in [0.25, 0.3) is 10.0 Å². The molecule has 0 aliphatic carbocycles. The van der Waals surface area contributed by atoms with Crippen LogP contribution >= 0.6 is 0 Å². The minimum absolute atomic E-state index is 0.193. The number of benzene rings is 2. The second kappa shape index (κ2) is 8.77. The van der Waals surface area contributed by atoms with Crippen LogP contribution < -0.4 is 14.8 Å². The molecule has 0 aliphatic rings. The third kappa shape index (κ3) is 7.18. The summed E-state index contributed by atoms with van der Waals surface area (Å²) in [5.41, 5.74) is -0.119. The number of rotatable bonds is 7. The lowest BCUT2D eigenvalue weighted by atomic mass is 10.2. The molecule has 0 spiro atoms. The summed E-state index contributed by atoms with van der Waals surface area (Å²) in [5.74, 6) is 0.559. The van der Waals surface area contributed by atoms with Crippen molar-refractivity contribution in [3.05, 3.63) is 54.6 Å². The standard InChI is InChI=1S/C19H24N2O5S/c1-19(2,3)26-18(22)20-13-14-25-16-11-9-15(10-12-16)21-27(23,24)17-7-5-4-6-8-17/h4-12,21H,13-14H2,1-3H3,(H,20,22). The van der Waals surface area contributed by atoms with E-state index < -0.39 is 21.7 Å². The zero-order valence-corrected chi connectivity index (χ0v) is 16.4. The molecular formula is C19H24N2O5S. The topological polar surface area (TPSA) is 93.7 Å². The first-order valence-corrected chi connectivity index (χ1v) is 9.92. The van der Waals surface area contributed by atoms with Gasteiger partial charge in [0, 0.05) is 5.69 Å². The number of alkyl carbamates (subject to hydrolysis) is 1. The van der Waals surface area contributed by atoms with Crippen LogP contribution in [0.25, 0.3) is 0 Å². The van der Waals surface area contributed by atoms with Crippen LogP contribution in [0.1, 0.15) is 20.8 Å². The van der Waals surface area contributed by atoms with Crippen LogP contribution in [0.15, 0.2) is 59.5 Å². The molecule has 0 bridgehead atoms. The number of sulfonamides is 1. The van der Waals surface area contributed by atoms with Crippen LogP contribution in [0, 0.1) is 0 Å². The minimum atomic E-state index is -3.62. The molecule has 0 saturated carbocycles. The van der Waals surface area contributed by atoms with Gasteiger partial charge in [-0.1, -0.05) is 18.2 Å². The van der Waals surface area contributed by atoms with E-state index in [2.05, 4.69) is 10.0 Å². The van der Waals surface area contributed by atoms with E-state index in [-0.39, 0.29) is 18.0 Å². The lowest BCUT2D eigenvalue weighted by Crippen LogP contribution is -2.34. The summed E-state index contributed by atoms with van der Waals surface area (Å²) in [6.45, 7) is 5.91. The molecule has 0 atom stereocenters. The van der Waals surface area contributed by atoms with Crippen molar-refractivity contribution in [1.82, 2.24) is 5.32 Å². The number of amides is 1. The molecule has 0 saturated heterocycles. The van der Waals surface area contributed by atoms with Gasteiger partial charge in [0.1, 0.15) is 18.0 Å². The monoisotopic (exact) mass is 392 g/mol. The van der Waals surface area contributed by atoms with E-state index in [0.717, 1.165) is 0 Å². The van der Waals surface area contributed by atoms with E-state index in [1.165, 1.54) is 12.1 Å². The third-order valence-electron chi connectivity index (χ3n) is 3.20. The SMILES string of the molecule is CC(C)(C)OC(=O)NCCOc1ccc(NS(=O)(=O)c2ccccc2)cc1. The molecule has 2 N–H and O–H groups in total. The molecular weight excluding hydrogens is 368 g/mol. The van der Waals surface area contributed by atoms with Gasteiger partial charge in [-0.15, -0.1) is 0 Å². The molecule has 8 heteroatoms. The molecule has 7 nitrogen and oxygen atoms in total. The highest BCUT2D eigenvalue weighted by molar-refractivity contribution is 7.92. The highest BCUT2D eigenvalue weighted by Crippen LogP contribution is 2.19. The summed E-state index contributed by atoms with van der Waals surface area (Å²) in [7, 11) is -3.62. The Hall–Kier alpha value is -2.74. The van der Waals surface area contributed by atoms with Crippen LogP contribution in [-0.4, -0.2) is 33.3 Å². The average molecular weight is 392 g/mol. The predicted octanol–water partition coefficient (Wildman–Crippen LogP) is 3.39. The maximum absolute atomic E-state index is 12.3. The van der Waals surface area contributed by atoms with E-state index in [0.29, 0.717) is 11.4 Å². The van der Waals surface area contributed by atoms with E-state index in [1.807, 2.05) is 0 Å². The van der Waals surface area contributed by atoms with Crippen molar-refractivity contribution >= 4 is 21.8 Å². The molecule has 0 unspecified atom stereocenters. The third-order valence-corrected chi connectivity index (χ3v) is 4.60. The quantitative estimate of drug-likeness (QED) is 0.705. The Balaban J connectivity index is 1.81. The van der Waals surface area contributed by atoms with Crippen molar-refractivity contribution in [3.8, 4) is 5.75 Å². The smallest absolute Gasteiger partial charge is 0.407 e. The molecule has 0 radical (unpaired) electrons. The number of carbonyl (C=O) groups excluding carboxylic acids is 1. The van der Waals surface area contributed by atoms with Gasteiger partial charge in [-0.3, -0.25) is 4.72 Å². The summed E-state index contributed by atoms with van der Waals surface area (Å²) in [5, 5.41) is 2.59. The summed E-state index contributed by atoms with van der Waals surface area (Å²) in [6, 6.07) is 14.6. The Labute approximate surface area is 159 Å². The fourth-order valence-corrected chi connectivity index (χ4v) is 3.15. The number of hydrogen-bond acceptors (Lipinski definition) is 5. The molecule has 0 fully saturated rings. The van der Waals surface area contributed by atoms with Crippen molar-refractivity contribution in [2.75, 3.05) is 17.9 Å².